The molecule has 112 valence electrons. The third-order valence-electron chi connectivity index (χ3n) is 2.65. The maximum atomic E-state index is 11.7. The lowest BCUT2D eigenvalue weighted by molar-refractivity contribution is -0.149. The van der Waals surface area contributed by atoms with Crippen molar-refractivity contribution in [3.8, 4) is 0 Å². The molecular formula is C14H25FO4. The van der Waals surface area contributed by atoms with Crippen molar-refractivity contribution in [2.75, 3.05) is 13.3 Å². The minimum Gasteiger partial charge on any atom is -0.463 e. The lowest BCUT2D eigenvalue weighted by Crippen LogP contribution is -2.15. The predicted octanol–water partition coefficient (Wildman–Crippen LogP) is 3.18. The molecule has 1 atom stereocenters. The Morgan fingerprint density at radius 1 is 1.11 bits per heavy atom. The summed E-state index contributed by atoms with van der Waals surface area (Å²) in [6, 6.07) is 0. The van der Waals surface area contributed by atoms with Crippen molar-refractivity contribution >= 4 is 11.9 Å². The van der Waals surface area contributed by atoms with E-state index in [9.17, 15) is 14.0 Å². The minimum atomic E-state index is -0.678. The molecule has 0 aromatic carbocycles. The zero-order valence-electron chi connectivity index (χ0n) is 12.0. The predicted molar refractivity (Wildman–Crippen MR) is 70.5 cm³/mol. The Bertz CT molecular complexity index is 256. The van der Waals surface area contributed by atoms with E-state index in [1.54, 1.807) is 0 Å². The van der Waals surface area contributed by atoms with Gasteiger partial charge >= 0.3 is 11.9 Å². The van der Waals surface area contributed by atoms with Gasteiger partial charge in [0, 0.05) is 12.8 Å². The zero-order valence-corrected chi connectivity index (χ0v) is 12.0. The highest BCUT2D eigenvalue weighted by Gasteiger charge is 2.10. The van der Waals surface area contributed by atoms with E-state index >= 15 is 0 Å². The van der Waals surface area contributed by atoms with Crippen LogP contribution < -0.4 is 0 Å². The smallest absolute Gasteiger partial charge is 0.306 e. The van der Waals surface area contributed by atoms with E-state index in [2.05, 4.69) is 11.7 Å². The summed E-state index contributed by atoms with van der Waals surface area (Å²) in [4.78, 5) is 22.5. The van der Waals surface area contributed by atoms with E-state index in [1.807, 2.05) is 6.92 Å². The highest BCUT2D eigenvalue weighted by molar-refractivity contribution is 5.72. The van der Waals surface area contributed by atoms with Gasteiger partial charge in [-0.1, -0.05) is 19.8 Å². The molecule has 0 spiro atoms. The number of esters is 2. The molecule has 1 unspecified atom stereocenters. The number of unbranched alkanes of at least 4 members (excludes halogenated alkanes) is 2. The first-order chi connectivity index (χ1) is 9.10. The van der Waals surface area contributed by atoms with E-state index in [0.29, 0.717) is 6.42 Å². The summed E-state index contributed by atoms with van der Waals surface area (Å²) in [6.45, 7) is 3.11. The standard InChI is InChI=1S/C14H25FO4/c1-3-4-5-7-12(2)19-14(17)9-6-8-13(16)18-11-10-15/h12H,3-11H2,1-2H3. The second-order valence-electron chi connectivity index (χ2n) is 4.56. The minimum absolute atomic E-state index is 0.0717. The number of alkyl halides is 1. The van der Waals surface area contributed by atoms with Crippen LogP contribution in [0.5, 0.6) is 0 Å². The van der Waals surface area contributed by atoms with Crippen LogP contribution in [0.25, 0.3) is 0 Å². The number of hydrogen-bond donors (Lipinski definition) is 0. The van der Waals surface area contributed by atoms with Crippen LogP contribution in [-0.2, 0) is 19.1 Å². The van der Waals surface area contributed by atoms with E-state index in [1.165, 1.54) is 0 Å². The van der Waals surface area contributed by atoms with Gasteiger partial charge in [0.25, 0.3) is 0 Å². The Morgan fingerprint density at radius 3 is 2.42 bits per heavy atom. The maximum Gasteiger partial charge on any atom is 0.306 e. The molecule has 0 rings (SSSR count). The fraction of sp³-hybridized carbons (Fsp3) is 0.857. The van der Waals surface area contributed by atoms with Gasteiger partial charge in [-0.05, 0) is 26.2 Å². The van der Waals surface area contributed by atoms with Crippen molar-refractivity contribution < 1.29 is 23.5 Å². The van der Waals surface area contributed by atoms with Gasteiger partial charge in [-0.25, -0.2) is 4.39 Å². The van der Waals surface area contributed by atoms with Gasteiger partial charge in [-0.2, -0.15) is 0 Å². The van der Waals surface area contributed by atoms with Gasteiger partial charge in [0.1, 0.15) is 13.3 Å². The topological polar surface area (TPSA) is 52.6 Å². The average molecular weight is 276 g/mol. The molecule has 0 aliphatic carbocycles. The second-order valence-corrected chi connectivity index (χ2v) is 4.56. The lowest BCUT2D eigenvalue weighted by Gasteiger charge is -2.12. The number of carbonyl (C=O) groups is 2. The molecule has 0 radical (unpaired) electrons. The molecule has 0 aromatic rings. The van der Waals surface area contributed by atoms with Gasteiger partial charge in [0.05, 0.1) is 6.10 Å². The Kier molecular flexibility index (Phi) is 11.2. The van der Waals surface area contributed by atoms with Crippen LogP contribution in [0.3, 0.4) is 0 Å². The summed E-state index contributed by atoms with van der Waals surface area (Å²) >= 11 is 0. The summed E-state index contributed by atoms with van der Waals surface area (Å²) < 4.78 is 21.5. The first kappa shape index (κ1) is 17.9. The summed E-state index contributed by atoms with van der Waals surface area (Å²) in [5.74, 6) is -0.760. The maximum absolute atomic E-state index is 11.7. The molecule has 4 nitrogen and oxygen atoms in total. The summed E-state index contributed by atoms with van der Waals surface area (Å²) in [5.41, 5.74) is 0. The first-order valence-electron chi connectivity index (χ1n) is 7.01. The molecule has 0 saturated carbocycles. The zero-order chi connectivity index (χ0) is 14.5. The fourth-order valence-electron chi connectivity index (χ4n) is 1.63. The van der Waals surface area contributed by atoms with Crippen LogP contribution in [0.2, 0.25) is 0 Å². The van der Waals surface area contributed by atoms with E-state index < -0.39 is 12.6 Å². The van der Waals surface area contributed by atoms with Crippen molar-refractivity contribution in [2.45, 2.75) is 64.9 Å². The third-order valence-corrected chi connectivity index (χ3v) is 2.65. The number of rotatable bonds is 11. The van der Waals surface area contributed by atoms with E-state index in [4.69, 9.17) is 4.74 Å². The fourth-order valence-corrected chi connectivity index (χ4v) is 1.63. The van der Waals surface area contributed by atoms with E-state index in [0.717, 1.165) is 25.7 Å². The molecule has 0 aromatic heterocycles. The van der Waals surface area contributed by atoms with Gasteiger partial charge in [0.2, 0.25) is 0 Å². The van der Waals surface area contributed by atoms with Crippen molar-refractivity contribution in [1.82, 2.24) is 0 Å². The van der Waals surface area contributed by atoms with Crippen molar-refractivity contribution in [3.05, 3.63) is 0 Å². The molecule has 5 heteroatoms. The molecule has 0 bridgehead atoms. The molecule has 0 saturated heterocycles. The van der Waals surface area contributed by atoms with E-state index in [-0.39, 0.29) is 31.5 Å². The third kappa shape index (κ3) is 11.7. The van der Waals surface area contributed by atoms with Crippen molar-refractivity contribution in [2.24, 2.45) is 0 Å². The molecular weight excluding hydrogens is 251 g/mol. The quantitative estimate of drug-likeness (QED) is 0.429. The molecule has 0 aliphatic heterocycles. The van der Waals surface area contributed by atoms with Gasteiger partial charge < -0.3 is 9.47 Å². The molecule has 0 fully saturated rings. The Hall–Kier alpha value is -1.13. The monoisotopic (exact) mass is 276 g/mol. The van der Waals surface area contributed by atoms with Gasteiger partial charge in [-0.3, -0.25) is 9.59 Å². The molecule has 0 aliphatic rings. The average Bonchev–Trinajstić information content (AvgIpc) is 2.36. The van der Waals surface area contributed by atoms with Crippen LogP contribution in [0.4, 0.5) is 4.39 Å². The summed E-state index contributed by atoms with van der Waals surface area (Å²) in [7, 11) is 0. The second kappa shape index (κ2) is 11.9. The Balaban J connectivity index is 3.55. The molecule has 0 N–H and O–H groups in total. The van der Waals surface area contributed by atoms with Crippen molar-refractivity contribution in [1.29, 1.82) is 0 Å². The van der Waals surface area contributed by atoms with Gasteiger partial charge in [-0.15, -0.1) is 0 Å². The summed E-state index contributed by atoms with van der Waals surface area (Å²) in [5, 5.41) is 0. The van der Waals surface area contributed by atoms with Crippen LogP contribution in [0.15, 0.2) is 0 Å². The number of carbonyl (C=O) groups excluding carboxylic acids is 2. The SMILES string of the molecule is CCCCCC(C)OC(=O)CCCC(=O)OCCF. The van der Waals surface area contributed by atoms with Crippen LogP contribution in [-0.4, -0.2) is 31.3 Å². The van der Waals surface area contributed by atoms with Crippen LogP contribution in [0, 0.1) is 0 Å². The first-order valence-corrected chi connectivity index (χ1v) is 7.01. The highest BCUT2D eigenvalue weighted by Crippen LogP contribution is 2.08. The molecule has 0 amide bonds. The van der Waals surface area contributed by atoms with Crippen LogP contribution in [0.1, 0.15) is 58.8 Å². The molecule has 0 heterocycles. The number of hydrogen-bond acceptors (Lipinski definition) is 4. The number of ether oxygens (including phenoxy) is 2. The largest absolute Gasteiger partial charge is 0.463 e. The summed E-state index contributed by atoms with van der Waals surface area (Å²) in [6.07, 6.45) is 4.84. The van der Waals surface area contributed by atoms with Gasteiger partial charge in [0.15, 0.2) is 0 Å². The van der Waals surface area contributed by atoms with Crippen LogP contribution >= 0.6 is 0 Å². The highest BCUT2D eigenvalue weighted by atomic mass is 19.1. The lowest BCUT2D eigenvalue weighted by atomic mass is 10.1. The van der Waals surface area contributed by atoms with Crippen molar-refractivity contribution in [3.63, 3.8) is 0 Å². The number of halogens is 1. The molecule has 19 heavy (non-hydrogen) atoms. The normalized spacial score (nSPS) is 11.9. The Labute approximate surface area is 114 Å². The Morgan fingerprint density at radius 2 is 1.79 bits per heavy atom.